The second-order valence-corrected chi connectivity index (χ2v) is 5.58. The molecule has 0 radical (unpaired) electrons. The Morgan fingerprint density at radius 3 is 2.83 bits per heavy atom. The first kappa shape index (κ1) is 14.4. The lowest BCUT2D eigenvalue weighted by atomic mass is 10.2. The number of rotatable bonds is 3. The maximum Gasteiger partial charge on any atom is 0.278 e. The van der Waals surface area contributed by atoms with Crippen LogP contribution in [0.25, 0.3) is 21.9 Å². The van der Waals surface area contributed by atoms with Crippen molar-refractivity contribution in [2.45, 2.75) is 6.54 Å². The third-order valence-corrected chi connectivity index (χ3v) is 4.03. The molecule has 1 amide bonds. The topological polar surface area (TPSA) is 103 Å². The Hall–Kier alpha value is -3.20. The van der Waals surface area contributed by atoms with Crippen LogP contribution in [0.15, 0.2) is 47.3 Å². The van der Waals surface area contributed by atoms with Crippen LogP contribution in [-0.2, 0) is 11.3 Å². The summed E-state index contributed by atoms with van der Waals surface area (Å²) in [7, 11) is 0. The molecule has 118 valence electrons. The van der Waals surface area contributed by atoms with Crippen molar-refractivity contribution in [2.24, 2.45) is 0 Å². The average molecular weight is 338 g/mol. The second kappa shape index (κ2) is 5.78. The van der Waals surface area contributed by atoms with Gasteiger partial charge in [-0.2, -0.15) is 8.75 Å². The van der Waals surface area contributed by atoms with Crippen molar-refractivity contribution in [1.82, 2.24) is 23.7 Å². The molecule has 0 aliphatic carbocycles. The zero-order valence-corrected chi connectivity index (χ0v) is 13.0. The van der Waals surface area contributed by atoms with E-state index in [0.717, 1.165) is 16.4 Å². The molecular formula is C15H10N6O2S. The van der Waals surface area contributed by atoms with Gasteiger partial charge in [-0.3, -0.25) is 9.59 Å². The van der Waals surface area contributed by atoms with Crippen LogP contribution >= 0.6 is 11.7 Å². The van der Waals surface area contributed by atoms with Gasteiger partial charge < -0.3 is 5.32 Å². The Morgan fingerprint density at radius 1 is 1.08 bits per heavy atom. The number of anilines is 1. The van der Waals surface area contributed by atoms with Gasteiger partial charge in [0.25, 0.3) is 5.56 Å². The smallest absolute Gasteiger partial charge is 0.278 e. The van der Waals surface area contributed by atoms with Crippen LogP contribution in [0.3, 0.4) is 0 Å². The average Bonchev–Trinajstić information content (AvgIpc) is 3.07. The van der Waals surface area contributed by atoms with Crippen molar-refractivity contribution < 1.29 is 4.79 Å². The molecule has 24 heavy (non-hydrogen) atoms. The van der Waals surface area contributed by atoms with Gasteiger partial charge in [-0.25, -0.2) is 4.68 Å². The molecule has 2 aromatic heterocycles. The minimum absolute atomic E-state index is 0.232. The van der Waals surface area contributed by atoms with Crippen molar-refractivity contribution in [3.63, 3.8) is 0 Å². The third-order valence-electron chi connectivity index (χ3n) is 3.48. The fourth-order valence-corrected chi connectivity index (χ4v) is 2.91. The number of hydrogen-bond donors (Lipinski definition) is 1. The van der Waals surface area contributed by atoms with Crippen molar-refractivity contribution in [1.29, 1.82) is 0 Å². The first-order chi connectivity index (χ1) is 11.7. The lowest BCUT2D eigenvalue weighted by Crippen LogP contribution is -2.30. The lowest BCUT2D eigenvalue weighted by Gasteiger charge is -2.07. The maximum atomic E-state index is 12.3. The number of benzene rings is 2. The fourth-order valence-electron chi connectivity index (χ4n) is 2.36. The van der Waals surface area contributed by atoms with E-state index < -0.39 is 0 Å². The summed E-state index contributed by atoms with van der Waals surface area (Å²) in [5.74, 6) is -0.387. The molecule has 0 fully saturated rings. The molecule has 0 saturated carbocycles. The van der Waals surface area contributed by atoms with E-state index in [4.69, 9.17) is 0 Å². The zero-order valence-electron chi connectivity index (χ0n) is 12.2. The summed E-state index contributed by atoms with van der Waals surface area (Å²) in [6.07, 6.45) is 0. The van der Waals surface area contributed by atoms with Gasteiger partial charge in [0.05, 0.1) is 22.8 Å². The maximum absolute atomic E-state index is 12.3. The highest BCUT2D eigenvalue weighted by Gasteiger charge is 2.12. The highest BCUT2D eigenvalue weighted by molar-refractivity contribution is 7.00. The number of carbonyl (C=O) groups excluding carboxylic acids is 1. The van der Waals surface area contributed by atoms with E-state index in [1.165, 1.54) is 0 Å². The van der Waals surface area contributed by atoms with Crippen LogP contribution in [0.4, 0.5) is 5.69 Å². The largest absolute Gasteiger partial charge is 0.322 e. The minimum Gasteiger partial charge on any atom is -0.322 e. The quantitative estimate of drug-likeness (QED) is 0.606. The monoisotopic (exact) mass is 338 g/mol. The van der Waals surface area contributed by atoms with Crippen molar-refractivity contribution in [3.8, 4) is 0 Å². The summed E-state index contributed by atoms with van der Waals surface area (Å²) in [5, 5.41) is 10.9. The van der Waals surface area contributed by atoms with E-state index in [0.29, 0.717) is 27.6 Å². The molecule has 2 heterocycles. The van der Waals surface area contributed by atoms with E-state index in [9.17, 15) is 9.59 Å². The van der Waals surface area contributed by atoms with Crippen LogP contribution < -0.4 is 10.9 Å². The summed E-state index contributed by atoms with van der Waals surface area (Å²) < 4.78 is 9.32. The van der Waals surface area contributed by atoms with E-state index in [2.05, 4.69) is 24.4 Å². The van der Waals surface area contributed by atoms with Gasteiger partial charge in [-0.1, -0.05) is 23.4 Å². The highest BCUT2D eigenvalue weighted by atomic mass is 32.1. The normalized spacial score (nSPS) is 11.0. The fraction of sp³-hybridized carbons (Fsp3) is 0.0667. The first-order valence-electron chi connectivity index (χ1n) is 7.06. The molecule has 0 spiro atoms. The van der Waals surface area contributed by atoms with Gasteiger partial charge >= 0.3 is 0 Å². The predicted molar refractivity (Wildman–Crippen MR) is 89.8 cm³/mol. The molecule has 2 aromatic carbocycles. The van der Waals surface area contributed by atoms with Crippen molar-refractivity contribution in [3.05, 3.63) is 52.8 Å². The molecular weight excluding hydrogens is 328 g/mol. The van der Waals surface area contributed by atoms with Gasteiger partial charge in [0.1, 0.15) is 23.1 Å². The molecule has 8 nitrogen and oxygen atoms in total. The van der Waals surface area contributed by atoms with E-state index in [1.54, 1.807) is 36.4 Å². The molecule has 1 N–H and O–H groups in total. The van der Waals surface area contributed by atoms with E-state index in [-0.39, 0.29) is 18.0 Å². The van der Waals surface area contributed by atoms with Crippen molar-refractivity contribution >= 4 is 45.3 Å². The van der Waals surface area contributed by atoms with E-state index in [1.807, 2.05) is 6.07 Å². The molecule has 4 rings (SSSR count). The van der Waals surface area contributed by atoms with Crippen molar-refractivity contribution in [2.75, 3.05) is 5.32 Å². The molecule has 0 saturated heterocycles. The Balaban J connectivity index is 1.62. The number of amides is 1. The SMILES string of the molecule is O=C(Cn1nnc2ccccc2c1=O)Nc1cccc2nsnc12. The number of carbonyl (C=O) groups is 1. The Labute approximate surface area is 139 Å². The zero-order chi connectivity index (χ0) is 16.5. The first-order valence-corrected chi connectivity index (χ1v) is 7.79. The second-order valence-electron chi connectivity index (χ2n) is 5.06. The van der Waals surface area contributed by atoms with Gasteiger partial charge in [0, 0.05) is 0 Å². The predicted octanol–water partition coefficient (Wildman–Crippen LogP) is 1.43. The standard InChI is InChI=1S/C15H10N6O2S/c22-13(16-11-6-3-7-12-14(11)19-24-18-12)8-21-15(23)9-4-1-2-5-10(9)17-20-21/h1-7H,8H2,(H,16,22). The minimum atomic E-state index is -0.387. The van der Waals surface area contributed by atoms with E-state index >= 15 is 0 Å². The molecule has 0 aliphatic rings. The number of hydrogen-bond acceptors (Lipinski definition) is 7. The molecule has 0 unspecified atom stereocenters. The summed E-state index contributed by atoms with van der Waals surface area (Å²) >= 11 is 1.07. The van der Waals surface area contributed by atoms with Gasteiger partial charge in [-0.15, -0.1) is 5.10 Å². The Bertz CT molecular complexity index is 1120. The highest BCUT2D eigenvalue weighted by Crippen LogP contribution is 2.20. The van der Waals surface area contributed by atoms with Gasteiger partial charge in [0.15, 0.2) is 0 Å². The van der Waals surface area contributed by atoms with Gasteiger partial charge in [-0.05, 0) is 24.3 Å². The number of nitrogens with zero attached hydrogens (tertiary/aromatic N) is 5. The third kappa shape index (κ3) is 2.50. The molecule has 0 atom stereocenters. The lowest BCUT2D eigenvalue weighted by molar-refractivity contribution is -0.117. The van der Waals surface area contributed by atoms with Crippen LogP contribution in [0.2, 0.25) is 0 Å². The summed E-state index contributed by atoms with van der Waals surface area (Å²) in [6, 6.07) is 12.2. The summed E-state index contributed by atoms with van der Waals surface area (Å²) in [4.78, 5) is 24.6. The van der Waals surface area contributed by atoms with Crippen LogP contribution in [0, 0.1) is 0 Å². The molecule has 0 aliphatic heterocycles. The number of aromatic nitrogens is 5. The summed E-state index contributed by atoms with van der Waals surface area (Å²) in [6.45, 7) is -0.232. The van der Waals surface area contributed by atoms with Gasteiger partial charge in [0.2, 0.25) is 5.91 Å². The Morgan fingerprint density at radius 2 is 1.92 bits per heavy atom. The van der Waals surface area contributed by atoms with Crippen LogP contribution in [0.1, 0.15) is 0 Å². The number of nitrogens with one attached hydrogen (secondary N) is 1. The molecule has 0 bridgehead atoms. The van der Waals surface area contributed by atoms with Crippen LogP contribution in [-0.4, -0.2) is 29.6 Å². The number of fused-ring (bicyclic) bond motifs is 2. The summed E-state index contributed by atoms with van der Waals surface area (Å²) in [5.41, 5.74) is 2.02. The molecule has 9 heteroatoms. The molecule has 4 aromatic rings. The van der Waals surface area contributed by atoms with Crippen LogP contribution in [0.5, 0.6) is 0 Å². The Kier molecular flexibility index (Phi) is 3.47.